The Hall–Kier alpha value is -2.17. The predicted molar refractivity (Wildman–Crippen MR) is 145 cm³/mol. The van der Waals surface area contributed by atoms with Crippen molar-refractivity contribution < 1.29 is 18.5 Å². The summed E-state index contributed by atoms with van der Waals surface area (Å²) >= 11 is 2.10. The maximum atomic E-state index is 14.3. The Morgan fingerprint density at radius 3 is 2.03 bits per heavy atom. The number of hydrogen-bond donors (Lipinski definition) is 1. The molecule has 1 unspecified atom stereocenters. The zero-order chi connectivity index (χ0) is 22.7. The van der Waals surface area contributed by atoms with E-state index < -0.39 is 12.1 Å². The van der Waals surface area contributed by atoms with E-state index in [1.807, 2.05) is 97.1 Å². The van der Waals surface area contributed by atoms with Crippen molar-refractivity contribution in [1.82, 2.24) is 0 Å². The number of benzene rings is 4. The Morgan fingerprint density at radius 1 is 0.727 bits per heavy atom. The summed E-state index contributed by atoms with van der Waals surface area (Å²) in [6.45, 7) is 0. The van der Waals surface area contributed by atoms with E-state index in [1.165, 1.54) is 0 Å². The van der Waals surface area contributed by atoms with Gasteiger partial charge in [0.05, 0.1) is 0 Å². The molecule has 6 rings (SSSR count). The van der Waals surface area contributed by atoms with Crippen LogP contribution in [0.3, 0.4) is 0 Å². The van der Waals surface area contributed by atoms with Gasteiger partial charge in [-0.1, -0.05) is 0 Å². The molecule has 4 nitrogen and oxygen atoms in total. The molecule has 1 atom stereocenters. The van der Waals surface area contributed by atoms with Crippen molar-refractivity contribution in [3.63, 3.8) is 0 Å². The normalized spacial score (nSPS) is 22.1. The van der Waals surface area contributed by atoms with E-state index in [1.54, 1.807) is 0 Å². The summed E-state index contributed by atoms with van der Waals surface area (Å²) in [6.07, 6.45) is 0.386. The van der Waals surface area contributed by atoms with Crippen molar-refractivity contribution in [2.45, 2.75) is 0 Å². The first kappa shape index (κ1) is 21.4. The van der Waals surface area contributed by atoms with Gasteiger partial charge in [0.25, 0.3) is 0 Å². The molecular formula is C26H21IO4P2. The fraction of sp³-hybridized carbons (Fsp3) is 0.0769. The molecule has 2 heterocycles. The third-order valence-electron chi connectivity index (χ3n) is 6.31. The fourth-order valence-electron chi connectivity index (χ4n) is 4.71. The van der Waals surface area contributed by atoms with Crippen molar-refractivity contribution in [2.24, 2.45) is 0 Å². The Kier molecular flexibility index (Phi) is 4.80. The van der Waals surface area contributed by atoms with Crippen LogP contribution in [0.2, 0.25) is 0 Å². The van der Waals surface area contributed by atoms with Crippen molar-refractivity contribution in [2.75, 3.05) is 12.3 Å². The van der Waals surface area contributed by atoms with Crippen molar-refractivity contribution in [3.8, 4) is 33.8 Å². The Balaban J connectivity index is 1.43. The Labute approximate surface area is 205 Å². The third kappa shape index (κ3) is 3.37. The van der Waals surface area contributed by atoms with E-state index in [4.69, 9.17) is 9.05 Å². The van der Waals surface area contributed by atoms with E-state index >= 15 is 0 Å². The standard InChI is InChI=1S/C26H21IO4P2/c27-33(29,26-16-8-4-12-22(26)20-10-2-6-14-24(20)31-33)18-17-32(28)25-15-7-3-11-21(25)19-9-1-5-13-23(19)30-32/h1-16,29H,17-18H2. The molecule has 0 amide bonds. The average Bonchev–Trinajstić information content (AvgIpc) is 2.84. The zero-order valence-corrected chi connectivity index (χ0v) is 21.5. The molecule has 0 bridgehead atoms. The molecule has 2 aliphatic rings. The molecule has 4 aromatic carbocycles. The van der Waals surface area contributed by atoms with E-state index in [0.29, 0.717) is 16.8 Å². The number of para-hydroxylation sites is 2. The summed E-state index contributed by atoms with van der Waals surface area (Å²) in [7, 11) is -3.30. The van der Waals surface area contributed by atoms with Crippen LogP contribution in [0.5, 0.6) is 11.5 Å². The maximum absolute atomic E-state index is 14.3. The van der Waals surface area contributed by atoms with Crippen LogP contribution < -0.4 is 19.7 Å². The van der Waals surface area contributed by atoms with Gasteiger partial charge in [-0.25, -0.2) is 0 Å². The van der Waals surface area contributed by atoms with Gasteiger partial charge in [-0.2, -0.15) is 0 Å². The van der Waals surface area contributed by atoms with Gasteiger partial charge in [-0.05, 0) is 0 Å². The molecule has 0 saturated carbocycles. The first-order valence-corrected chi connectivity index (χ1v) is 17.6. The predicted octanol–water partition coefficient (Wildman–Crippen LogP) is 6.76. The molecule has 7 heteroatoms. The van der Waals surface area contributed by atoms with Crippen molar-refractivity contribution in [1.29, 1.82) is 0 Å². The summed E-state index contributed by atoms with van der Waals surface area (Å²) < 4.78 is 23.0. The number of halogens is 1. The van der Waals surface area contributed by atoms with Crippen LogP contribution in [0.1, 0.15) is 0 Å². The van der Waals surface area contributed by atoms with Gasteiger partial charge >= 0.3 is 206 Å². The molecule has 0 aliphatic carbocycles. The van der Waals surface area contributed by atoms with Crippen LogP contribution in [0, 0.1) is 0 Å². The molecule has 0 aromatic heterocycles. The minimum absolute atomic E-state index is 0.173. The molecule has 166 valence electrons. The van der Waals surface area contributed by atoms with E-state index in [9.17, 15) is 9.46 Å². The Bertz CT molecular complexity index is 1470. The summed E-state index contributed by atoms with van der Waals surface area (Å²) in [5, 5.41) is 1.48. The minimum atomic E-state index is -3.94. The van der Waals surface area contributed by atoms with Gasteiger partial charge in [0.1, 0.15) is 0 Å². The van der Waals surface area contributed by atoms with Gasteiger partial charge in [-0.3, -0.25) is 0 Å². The molecule has 4 aromatic rings. The van der Waals surface area contributed by atoms with Crippen LogP contribution in [-0.4, -0.2) is 17.2 Å². The molecular weight excluding hydrogens is 565 g/mol. The van der Waals surface area contributed by atoms with Gasteiger partial charge in [-0.15, -0.1) is 0 Å². The van der Waals surface area contributed by atoms with Crippen molar-refractivity contribution >= 4 is 44.7 Å². The Morgan fingerprint density at radius 2 is 1.27 bits per heavy atom. The molecule has 0 radical (unpaired) electrons. The fourth-order valence-corrected chi connectivity index (χ4v) is 14.8. The third-order valence-corrected chi connectivity index (χ3v) is 15.6. The molecule has 0 fully saturated rings. The second-order valence-electron chi connectivity index (χ2n) is 8.38. The van der Waals surface area contributed by atoms with Crippen LogP contribution >= 0.6 is 34.1 Å². The monoisotopic (exact) mass is 586 g/mol. The topological polar surface area (TPSA) is 55.8 Å². The van der Waals surface area contributed by atoms with E-state index in [2.05, 4.69) is 22.0 Å². The number of fused-ring (bicyclic) bond motifs is 6. The first-order chi connectivity index (χ1) is 15.9. The van der Waals surface area contributed by atoms with Crippen molar-refractivity contribution in [3.05, 3.63) is 97.1 Å². The van der Waals surface area contributed by atoms with Crippen LogP contribution in [0.15, 0.2) is 97.1 Å². The second kappa shape index (κ2) is 7.41. The van der Waals surface area contributed by atoms with Gasteiger partial charge in [0.15, 0.2) is 0 Å². The summed E-state index contributed by atoms with van der Waals surface area (Å²) in [5.74, 6) is 1.27. The van der Waals surface area contributed by atoms with E-state index in [-0.39, 0.29) is 12.3 Å². The molecule has 33 heavy (non-hydrogen) atoms. The first-order valence-electron chi connectivity index (χ1n) is 10.7. The molecule has 0 saturated heterocycles. The van der Waals surface area contributed by atoms with E-state index in [0.717, 1.165) is 27.6 Å². The van der Waals surface area contributed by atoms with Gasteiger partial charge < -0.3 is 0 Å². The zero-order valence-electron chi connectivity index (χ0n) is 17.6. The summed E-state index contributed by atoms with van der Waals surface area (Å²) in [5.41, 5.74) is 3.78. The number of rotatable bonds is 3. The number of hydrogen-bond acceptors (Lipinski definition) is 4. The van der Waals surface area contributed by atoms with Crippen LogP contribution in [0.25, 0.3) is 22.3 Å². The van der Waals surface area contributed by atoms with Crippen LogP contribution in [0.4, 0.5) is 0 Å². The summed E-state index contributed by atoms with van der Waals surface area (Å²) in [4.78, 5) is 12.2. The SMILES string of the molecule is O=P1(CCP2(O)(I)Oc3ccccc3-c3ccccc32)Oc2ccccc2-c2ccccc21. The summed E-state index contributed by atoms with van der Waals surface area (Å²) in [6, 6.07) is 30.9. The molecule has 0 spiro atoms. The van der Waals surface area contributed by atoms with Crippen LogP contribution in [-0.2, 0) is 4.57 Å². The van der Waals surface area contributed by atoms with Gasteiger partial charge in [0, 0.05) is 0 Å². The molecule has 1 N–H and O–H groups in total. The van der Waals surface area contributed by atoms with Gasteiger partial charge in [0.2, 0.25) is 0 Å². The quantitative estimate of drug-likeness (QED) is 0.213. The molecule has 2 aliphatic heterocycles. The average molecular weight is 586 g/mol. The second-order valence-corrected chi connectivity index (χ2v) is 20.0.